The molecule has 0 aromatic heterocycles. The number of rotatable bonds is 4. The summed E-state index contributed by atoms with van der Waals surface area (Å²) in [4.78, 5) is 11.0. The number of aryl methyl sites for hydroxylation is 1. The maximum absolute atomic E-state index is 14.1. The molecule has 3 rings (SSSR count). The molecule has 2 aromatic rings. The highest BCUT2D eigenvalue weighted by atomic mass is 35.5. The van der Waals surface area contributed by atoms with Crippen LogP contribution in [-0.4, -0.2) is 18.2 Å². The summed E-state index contributed by atoms with van der Waals surface area (Å²) in [7, 11) is 0. The van der Waals surface area contributed by atoms with E-state index in [4.69, 9.17) is 21.1 Å². The molecule has 0 saturated carbocycles. The van der Waals surface area contributed by atoms with Crippen LogP contribution in [0.5, 0.6) is 17.2 Å². The summed E-state index contributed by atoms with van der Waals surface area (Å²) in [5, 5.41) is 11.0. The molecule has 0 aliphatic carbocycles. The van der Waals surface area contributed by atoms with Gasteiger partial charge in [-0.25, -0.2) is 4.39 Å². The maximum Gasteiger partial charge on any atom is 0.429 e. The van der Waals surface area contributed by atoms with Crippen LogP contribution in [-0.2, 0) is 11.2 Å². The number of carbonyl (C=O) groups excluding carboxylic acids is 1. The smallest absolute Gasteiger partial charge is 0.429 e. The number of hydrogen-bond donors (Lipinski definition) is 0. The second kappa shape index (κ2) is 7.35. The lowest BCUT2D eigenvalue weighted by atomic mass is 10.0. The zero-order chi connectivity index (χ0) is 20.6. The van der Waals surface area contributed by atoms with Crippen molar-refractivity contribution in [2.45, 2.75) is 25.6 Å². The molecule has 0 fully saturated rings. The van der Waals surface area contributed by atoms with Gasteiger partial charge in [-0.2, -0.15) is 13.2 Å². The highest BCUT2D eigenvalue weighted by Gasteiger charge is 2.46. The molecule has 0 saturated heterocycles. The summed E-state index contributed by atoms with van der Waals surface area (Å²) in [6.07, 6.45) is -6.30. The largest absolute Gasteiger partial charge is 0.545 e. The van der Waals surface area contributed by atoms with Gasteiger partial charge in [0.05, 0.1) is 11.0 Å². The van der Waals surface area contributed by atoms with E-state index in [9.17, 15) is 27.5 Å². The SMILES string of the molecule is CCc1ccc(Oc2cc3c(cc2Cl)C=C(C(=O)[O-])C(C(F)(F)F)O3)c(F)c1. The number of halogens is 5. The number of aliphatic carboxylic acids is 1. The Morgan fingerprint density at radius 2 is 1.96 bits per heavy atom. The zero-order valence-electron chi connectivity index (χ0n) is 14.3. The van der Waals surface area contributed by atoms with Crippen molar-refractivity contribution in [3.05, 3.63) is 57.9 Å². The number of carbonyl (C=O) groups is 1. The van der Waals surface area contributed by atoms with E-state index in [-0.39, 0.29) is 27.8 Å². The summed E-state index contributed by atoms with van der Waals surface area (Å²) in [6, 6.07) is 6.49. The minimum Gasteiger partial charge on any atom is -0.545 e. The Hall–Kier alpha value is -2.74. The van der Waals surface area contributed by atoms with Crippen molar-refractivity contribution in [1.82, 2.24) is 0 Å². The van der Waals surface area contributed by atoms with Gasteiger partial charge in [-0.1, -0.05) is 24.6 Å². The first-order valence-electron chi connectivity index (χ1n) is 8.06. The second-order valence-electron chi connectivity index (χ2n) is 5.97. The van der Waals surface area contributed by atoms with E-state index < -0.39 is 29.6 Å². The molecule has 0 amide bonds. The van der Waals surface area contributed by atoms with Crippen molar-refractivity contribution in [1.29, 1.82) is 0 Å². The highest BCUT2D eigenvalue weighted by Crippen LogP contribution is 2.42. The molecule has 1 heterocycles. The normalized spacial score (nSPS) is 16.1. The standard InChI is InChI=1S/C19H13ClF4O4/c1-2-9-3-4-14(13(21)5-9)27-16-8-15-10(7-12(16)20)6-11(18(25)26)17(28-15)19(22,23)24/h3-8,17H,2H2,1H3,(H,25,26)/p-1. The summed E-state index contributed by atoms with van der Waals surface area (Å²) >= 11 is 6.06. The van der Waals surface area contributed by atoms with Gasteiger partial charge in [0.1, 0.15) is 11.5 Å². The van der Waals surface area contributed by atoms with Gasteiger partial charge in [0.25, 0.3) is 0 Å². The average Bonchev–Trinajstić information content (AvgIpc) is 2.62. The van der Waals surface area contributed by atoms with Gasteiger partial charge in [-0.3, -0.25) is 0 Å². The highest BCUT2D eigenvalue weighted by molar-refractivity contribution is 6.32. The number of fused-ring (bicyclic) bond motifs is 1. The van der Waals surface area contributed by atoms with Crippen LogP contribution in [0.4, 0.5) is 17.6 Å². The lowest BCUT2D eigenvalue weighted by Crippen LogP contribution is -2.44. The molecule has 28 heavy (non-hydrogen) atoms. The Balaban J connectivity index is 2.00. The van der Waals surface area contributed by atoms with Gasteiger partial charge in [0, 0.05) is 17.2 Å². The molecular formula is C19H12ClF4O4-. The van der Waals surface area contributed by atoms with E-state index >= 15 is 0 Å². The van der Waals surface area contributed by atoms with E-state index in [0.717, 1.165) is 17.7 Å². The second-order valence-corrected chi connectivity index (χ2v) is 6.37. The lowest BCUT2D eigenvalue weighted by molar-refractivity contribution is -0.302. The summed E-state index contributed by atoms with van der Waals surface area (Å²) < 4.78 is 63.7. The quantitative estimate of drug-likeness (QED) is 0.699. The molecule has 0 radical (unpaired) electrons. The molecule has 1 unspecified atom stereocenters. The van der Waals surface area contributed by atoms with Gasteiger partial charge in [-0.05, 0) is 36.3 Å². The van der Waals surface area contributed by atoms with Gasteiger partial charge >= 0.3 is 6.18 Å². The Labute approximate surface area is 161 Å². The Kier molecular flexibility index (Phi) is 5.25. The molecule has 1 atom stereocenters. The van der Waals surface area contributed by atoms with E-state index in [0.29, 0.717) is 6.42 Å². The third-order valence-corrected chi connectivity index (χ3v) is 4.36. The van der Waals surface area contributed by atoms with Crippen LogP contribution in [0.1, 0.15) is 18.1 Å². The van der Waals surface area contributed by atoms with Crippen molar-refractivity contribution >= 4 is 23.6 Å². The monoisotopic (exact) mass is 415 g/mol. The molecule has 0 N–H and O–H groups in total. The van der Waals surface area contributed by atoms with Crippen molar-refractivity contribution in [3.8, 4) is 17.2 Å². The Morgan fingerprint density at radius 3 is 2.54 bits per heavy atom. The fourth-order valence-corrected chi connectivity index (χ4v) is 2.86. The van der Waals surface area contributed by atoms with E-state index in [1.165, 1.54) is 18.2 Å². The molecule has 1 aliphatic rings. The number of carboxylic acids is 1. The fourth-order valence-electron chi connectivity index (χ4n) is 2.65. The van der Waals surface area contributed by atoms with Gasteiger partial charge < -0.3 is 19.4 Å². The Bertz CT molecular complexity index is 969. The van der Waals surface area contributed by atoms with Crippen molar-refractivity contribution in [3.63, 3.8) is 0 Å². The van der Waals surface area contributed by atoms with E-state index in [2.05, 4.69) is 0 Å². The van der Waals surface area contributed by atoms with E-state index in [1.807, 2.05) is 6.92 Å². The molecule has 9 heteroatoms. The molecule has 148 valence electrons. The lowest BCUT2D eigenvalue weighted by Gasteiger charge is -2.29. The number of carboxylic acid groups (broad SMARTS) is 1. The number of alkyl halides is 3. The van der Waals surface area contributed by atoms with Crippen molar-refractivity contribution in [2.24, 2.45) is 0 Å². The minimum absolute atomic E-state index is 0.00106. The third-order valence-electron chi connectivity index (χ3n) is 4.06. The first kappa shape index (κ1) is 20.0. The van der Waals surface area contributed by atoms with Crippen LogP contribution in [0.3, 0.4) is 0 Å². The van der Waals surface area contributed by atoms with Crippen LogP contribution in [0.15, 0.2) is 35.9 Å². The molecule has 1 aliphatic heterocycles. The molecule has 0 spiro atoms. The van der Waals surface area contributed by atoms with Crippen LogP contribution >= 0.6 is 11.6 Å². The van der Waals surface area contributed by atoms with Crippen LogP contribution in [0.2, 0.25) is 5.02 Å². The molecular weight excluding hydrogens is 404 g/mol. The summed E-state index contributed by atoms with van der Waals surface area (Å²) in [5.74, 6) is -3.30. The number of benzene rings is 2. The van der Waals surface area contributed by atoms with Crippen LogP contribution in [0.25, 0.3) is 6.08 Å². The predicted octanol–water partition coefficient (Wildman–Crippen LogP) is 4.29. The zero-order valence-corrected chi connectivity index (χ0v) is 15.0. The van der Waals surface area contributed by atoms with Gasteiger partial charge in [-0.15, -0.1) is 0 Å². The van der Waals surface area contributed by atoms with Crippen LogP contribution in [0, 0.1) is 5.82 Å². The minimum atomic E-state index is -4.98. The fraction of sp³-hybridized carbons (Fsp3) is 0.211. The molecule has 0 bridgehead atoms. The van der Waals surface area contributed by atoms with Crippen molar-refractivity contribution < 1.29 is 36.9 Å². The molecule has 2 aromatic carbocycles. The molecule has 4 nitrogen and oxygen atoms in total. The predicted molar refractivity (Wildman–Crippen MR) is 90.8 cm³/mol. The third kappa shape index (κ3) is 3.91. The van der Waals surface area contributed by atoms with Crippen molar-refractivity contribution in [2.75, 3.05) is 0 Å². The Morgan fingerprint density at radius 1 is 1.25 bits per heavy atom. The van der Waals surface area contributed by atoms with Gasteiger partial charge in [0.2, 0.25) is 6.10 Å². The first-order chi connectivity index (χ1) is 13.1. The summed E-state index contributed by atoms with van der Waals surface area (Å²) in [6.45, 7) is 1.85. The average molecular weight is 416 g/mol. The number of ether oxygens (including phenoxy) is 2. The first-order valence-corrected chi connectivity index (χ1v) is 8.44. The topological polar surface area (TPSA) is 58.6 Å². The van der Waals surface area contributed by atoms with E-state index in [1.54, 1.807) is 6.07 Å². The summed E-state index contributed by atoms with van der Waals surface area (Å²) in [5.41, 5.74) is -0.345. The maximum atomic E-state index is 14.1. The number of hydrogen-bond acceptors (Lipinski definition) is 4. The van der Waals surface area contributed by atoms with Gasteiger partial charge in [0.15, 0.2) is 11.6 Å². The van der Waals surface area contributed by atoms with Crippen LogP contribution < -0.4 is 14.6 Å².